The van der Waals surface area contributed by atoms with Crippen LogP contribution in [0.5, 0.6) is 5.75 Å². The fraction of sp³-hybridized carbons (Fsp3) is 0.429. The third kappa shape index (κ3) is 4.63. The molecule has 0 unspecified atom stereocenters. The van der Waals surface area contributed by atoms with Gasteiger partial charge in [0.05, 0.1) is 29.9 Å². The molecule has 1 fully saturated rings. The quantitative estimate of drug-likeness (QED) is 0.523. The van der Waals surface area contributed by atoms with E-state index in [2.05, 4.69) is 15.1 Å². The van der Waals surface area contributed by atoms with Gasteiger partial charge in [-0.15, -0.1) is 0 Å². The standard InChI is InChI=1S/C21H23F2N5O3/c1-21(22,23)17-9-14(31-6-5-30-2)10-19(26-17)28-16-7-13(8-18(24)29)25-11-15(16)20(27-28)12-3-4-12/h7,9-12H,3-6,8H2,1-2H3,(H2,24,29). The highest BCUT2D eigenvalue weighted by atomic mass is 19.3. The third-order valence-electron chi connectivity index (χ3n) is 4.98. The fourth-order valence-electron chi connectivity index (χ4n) is 3.33. The highest BCUT2D eigenvalue weighted by molar-refractivity contribution is 5.85. The van der Waals surface area contributed by atoms with Crippen molar-refractivity contribution in [2.75, 3.05) is 20.3 Å². The number of methoxy groups -OCH3 is 1. The lowest BCUT2D eigenvalue weighted by molar-refractivity contribution is -0.117. The SMILES string of the molecule is COCCOc1cc(-n2nc(C3CC3)c3cnc(CC(N)=O)cc32)nc(C(C)(F)F)c1. The summed E-state index contributed by atoms with van der Waals surface area (Å²) in [4.78, 5) is 19.8. The molecule has 4 rings (SSSR count). The number of halogens is 2. The number of nitrogens with two attached hydrogens (primary N) is 1. The smallest absolute Gasteiger partial charge is 0.287 e. The average Bonchev–Trinajstić information content (AvgIpc) is 3.47. The topological polar surface area (TPSA) is 105 Å². The minimum atomic E-state index is -3.17. The molecule has 164 valence electrons. The molecule has 31 heavy (non-hydrogen) atoms. The Bertz CT molecular complexity index is 1120. The first kappa shape index (κ1) is 21.1. The van der Waals surface area contributed by atoms with Crippen molar-refractivity contribution in [3.63, 3.8) is 0 Å². The average molecular weight is 431 g/mol. The van der Waals surface area contributed by atoms with Crippen LogP contribution < -0.4 is 10.5 Å². The van der Waals surface area contributed by atoms with Gasteiger partial charge in [-0.25, -0.2) is 9.67 Å². The van der Waals surface area contributed by atoms with E-state index in [0.29, 0.717) is 23.7 Å². The summed E-state index contributed by atoms with van der Waals surface area (Å²) >= 11 is 0. The number of nitrogens with zero attached hydrogens (tertiary/aromatic N) is 4. The second-order valence-electron chi connectivity index (χ2n) is 7.68. The van der Waals surface area contributed by atoms with Crippen LogP contribution in [0.4, 0.5) is 8.78 Å². The van der Waals surface area contributed by atoms with E-state index >= 15 is 0 Å². The van der Waals surface area contributed by atoms with E-state index in [1.165, 1.54) is 17.9 Å². The molecule has 8 nitrogen and oxygen atoms in total. The molecule has 0 saturated heterocycles. The molecule has 0 bridgehead atoms. The fourth-order valence-corrected chi connectivity index (χ4v) is 3.33. The molecular weight excluding hydrogens is 408 g/mol. The van der Waals surface area contributed by atoms with Gasteiger partial charge < -0.3 is 15.2 Å². The van der Waals surface area contributed by atoms with Crippen LogP contribution in [0.3, 0.4) is 0 Å². The summed E-state index contributed by atoms with van der Waals surface area (Å²) in [5, 5.41) is 5.47. The van der Waals surface area contributed by atoms with Crippen molar-refractivity contribution in [3.05, 3.63) is 41.5 Å². The lowest BCUT2D eigenvalue weighted by atomic mass is 10.1. The molecule has 1 amide bonds. The van der Waals surface area contributed by atoms with E-state index in [4.69, 9.17) is 15.2 Å². The molecule has 1 saturated carbocycles. The van der Waals surface area contributed by atoms with Gasteiger partial charge in [-0.05, 0) is 18.9 Å². The predicted octanol–water partition coefficient (Wildman–Crippen LogP) is 2.86. The second kappa shape index (κ2) is 8.18. The Balaban J connectivity index is 1.86. The van der Waals surface area contributed by atoms with E-state index < -0.39 is 17.5 Å². The van der Waals surface area contributed by atoms with Crippen LogP contribution in [-0.4, -0.2) is 46.0 Å². The number of hydrogen-bond donors (Lipinski definition) is 1. The number of pyridine rings is 2. The Morgan fingerprint density at radius 2 is 2.06 bits per heavy atom. The number of ether oxygens (including phenoxy) is 2. The van der Waals surface area contributed by atoms with Crippen molar-refractivity contribution in [2.45, 2.75) is 38.0 Å². The molecule has 3 heterocycles. The van der Waals surface area contributed by atoms with Gasteiger partial charge in [0.2, 0.25) is 5.91 Å². The number of amides is 1. The Morgan fingerprint density at radius 3 is 2.71 bits per heavy atom. The van der Waals surface area contributed by atoms with Crippen LogP contribution >= 0.6 is 0 Å². The molecule has 1 aliphatic rings. The number of alkyl halides is 2. The first-order valence-corrected chi connectivity index (χ1v) is 9.94. The number of hydrogen-bond acceptors (Lipinski definition) is 6. The van der Waals surface area contributed by atoms with E-state index in [0.717, 1.165) is 30.8 Å². The molecule has 0 atom stereocenters. The number of primary amides is 1. The van der Waals surface area contributed by atoms with E-state index in [-0.39, 0.29) is 24.6 Å². The Morgan fingerprint density at radius 1 is 1.29 bits per heavy atom. The van der Waals surface area contributed by atoms with Crippen LogP contribution in [0.2, 0.25) is 0 Å². The largest absolute Gasteiger partial charge is 0.491 e. The molecule has 3 aromatic rings. The van der Waals surface area contributed by atoms with Gasteiger partial charge in [0, 0.05) is 43.7 Å². The summed E-state index contributed by atoms with van der Waals surface area (Å²) in [6.45, 7) is 1.30. The molecule has 10 heteroatoms. The Kier molecular flexibility index (Phi) is 5.57. The monoisotopic (exact) mass is 431 g/mol. The lowest BCUT2D eigenvalue weighted by Crippen LogP contribution is -2.15. The molecule has 0 aromatic carbocycles. The van der Waals surface area contributed by atoms with Crippen LogP contribution in [0, 0.1) is 0 Å². The minimum absolute atomic E-state index is 0.0360. The molecule has 1 aliphatic carbocycles. The molecule has 3 aromatic heterocycles. The molecule has 2 N–H and O–H groups in total. The van der Waals surface area contributed by atoms with Crippen molar-refractivity contribution in [1.29, 1.82) is 0 Å². The summed E-state index contributed by atoms with van der Waals surface area (Å²) in [6, 6.07) is 4.47. The van der Waals surface area contributed by atoms with Gasteiger partial charge in [-0.1, -0.05) is 0 Å². The summed E-state index contributed by atoms with van der Waals surface area (Å²) in [5.41, 5.74) is 6.81. The number of fused-ring (bicyclic) bond motifs is 1. The van der Waals surface area contributed by atoms with E-state index in [1.807, 2.05) is 0 Å². The summed E-state index contributed by atoms with van der Waals surface area (Å²) in [5.74, 6) is -2.96. The second-order valence-corrected chi connectivity index (χ2v) is 7.68. The molecular formula is C21H23F2N5O3. The van der Waals surface area contributed by atoms with Crippen molar-refractivity contribution in [3.8, 4) is 11.6 Å². The molecule has 0 aliphatic heterocycles. The number of carbonyl (C=O) groups excluding carboxylic acids is 1. The van der Waals surface area contributed by atoms with Gasteiger partial charge in [0.1, 0.15) is 18.1 Å². The van der Waals surface area contributed by atoms with Gasteiger partial charge in [0.25, 0.3) is 5.92 Å². The Hall–Kier alpha value is -3.14. The number of carbonyl (C=O) groups is 1. The van der Waals surface area contributed by atoms with Gasteiger partial charge >= 0.3 is 0 Å². The van der Waals surface area contributed by atoms with Crippen LogP contribution in [0.1, 0.15) is 42.8 Å². The highest BCUT2D eigenvalue weighted by Gasteiger charge is 2.31. The van der Waals surface area contributed by atoms with Crippen molar-refractivity contribution >= 4 is 16.8 Å². The van der Waals surface area contributed by atoms with Crippen LogP contribution in [0.25, 0.3) is 16.7 Å². The van der Waals surface area contributed by atoms with Gasteiger partial charge in [-0.3, -0.25) is 9.78 Å². The highest BCUT2D eigenvalue weighted by Crippen LogP contribution is 2.43. The van der Waals surface area contributed by atoms with Crippen molar-refractivity contribution in [1.82, 2.24) is 19.7 Å². The summed E-state index contributed by atoms with van der Waals surface area (Å²) in [7, 11) is 1.53. The summed E-state index contributed by atoms with van der Waals surface area (Å²) in [6.07, 6.45) is 3.62. The first-order chi connectivity index (χ1) is 14.8. The minimum Gasteiger partial charge on any atom is -0.491 e. The van der Waals surface area contributed by atoms with Crippen LogP contribution in [0.15, 0.2) is 24.4 Å². The molecule has 0 spiro atoms. The van der Waals surface area contributed by atoms with Gasteiger partial charge in [-0.2, -0.15) is 13.9 Å². The Labute approximate surface area is 177 Å². The van der Waals surface area contributed by atoms with E-state index in [1.54, 1.807) is 18.3 Å². The van der Waals surface area contributed by atoms with Crippen molar-refractivity contribution in [2.24, 2.45) is 5.73 Å². The van der Waals surface area contributed by atoms with Crippen molar-refractivity contribution < 1.29 is 23.0 Å². The summed E-state index contributed by atoms with van der Waals surface area (Å²) < 4.78 is 40.4. The van der Waals surface area contributed by atoms with Gasteiger partial charge in [0.15, 0.2) is 5.82 Å². The zero-order valence-electron chi connectivity index (χ0n) is 17.3. The maximum atomic E-state index is 14.1. The zero-order chi connectivity index (χ0) is 22.2. The third-order valence-corrected chi connectivity index (χ3v) is 4.98. The zero-order valence-corrected chi connectivity index (χ0v) is 17.3. The first-order valence-electron chi connectivity index (χ1n) is 9.94. The lowest BCUT2D eigenvalue weighted by Gasteiger charge is -2.15. The van der Waals surface area contributed by atoms with E-state index in [9.17, 15) is 13.6 Å². The number of aromatic nitrogens is 4. The van der Waals surface area contributed by atoms with Crippen LogP contribution in [-0.2, 0) is 21.9 Å². The predicted molar refractivity (Wildman–Crippen MR) is 108 cm³/mol. The maximum absolute atomic E-state index is 14.1. The normalized spacial score (nSPS) is 14.2. The molecule has 0 radical (unpaired) electrons. The number of rotatable bonds is 9. The maximum Gasteiger partial charge on any atom is 0.287 e.